The van der Waals surface area contributed by atoms with E-state index in [4.69, 9.17) is 4.74 Å². The lowest BCUT2D eigenvalue weighted by atomic mass is 10.2. The Morgan fingerprint density at radius 2 is 1.78 bits per heavy atom. The van der Waals surface area contributed by atoms with Crippen LogP contribution in [0.25, 0.3) is 11.4 Å². The van der Waals surface area contributed by atoms with Crippen molar-refractivity contribution in [2.45, 2.75) is 18.2 Å². The number of carbonyl (C=O) groups excluding carboxylic acids is 1. The van der Waals surface area contributed by atoms with E-state index < -0.39 is 0 Å². The van der Waals surface area contributed by atoms with Gasteiger partial charge < -0.3 is 10.1 Å². The molecule has 0 atom stereocenters. The maximum Gasteiger partial charge on any atom is 0.230 e. The lowest BCUT2D eigenvalue weighted by molar-refractivity contribution is -0.118. The minimum absolute atomic E-state index is 0.0357. The predicted molar refractivity (Wildman–Crippen MR) is 106 cm³/mol. The lowest BCUT2D eigenvalue weighted by Gasteiger charge is -2.10. The number of hydrogen-bond donors (Lipinski definition) is 1. The summed E-state index contributed by atoms with van der Waals surface area (Å²) >= 11 is 1.38. The molecule has 2 aromatic carbocycles. The molecular weight excluding hydrogens is 360 g/mol. The topological polar surface area (TPSA) is 69.0 Å². The van der Waals surface area contributed by atoms with Gasteiger partial charge in [-0.2, -0.15) is 0 Å². The van der Waals surface area contributed by atoms with Gasteiger partial charge in [0.25, 0.3) is 0 Å². The van der Waals surface area contributed by atoms with Crippen molar-refractivity contribution in [1.29, 1.82) is 0 Å². The van der Waals surface area contributed by atoms with Crippen molar-refractivity contribution in [3.63, 3.8) is 0 Å². The lowest BCUT2D eigenvalue weighted by Crippen LogP contribution is -2.24. The zero-order chi connectivity index (χ0) is 18.9. The number of nitrogens with zero attached hydrogens (tertiary/aromatic N) is 3. The Balaban J connectivity index is 1.63. The highest BCUT2D eigenvalue weighted by molar-refractivity contribution is 7.99. The Morgan fingerprint density at radius 1 is 1.07 bits per heavy atom. The number of carbonyl (C=O) groups is 1. The van der Waals surface area contributed by atoms with E-state index in [0.717, 1.165) is 17.0 Å². The molecule has 27 heavy (non-hydrogen) atoms. The Kier molecular flexibility index (Phi) is 7.01. The monoisotopic (exact) mass is 382 g/mol. The zero-order valence-electron chi connectivity index (χ0n) is 15.2. The van der Waals surface area contributed by atoms with Crippen LogP contribution in [0.15, 0.2) is 65.8 Å². The summed E-state index contributed by atoms with van der Waals surface area (Å²) in [5.41, 5.74) is 2.06. The molecule has 0 aliphatic rings. The Labute approximate surface area is 163 Å². The van der Waals surface area contributed by atoms with E-state index in [0.29, 0.717) is 24.9 Å². The Bertz CT molecular complexity index is 853. The van der Waals surface area contributed by atoms with Crippen molar-refractivity contribution < 1.29 is 9.53 Å². The van der Waals surface area contributed by atoms with Gasteiger partial charge in [0.05, 0.1) is 18.9 Å². The number of amides is 1. The van der Waals surface area contributed by atoms with Crippen molar-refractivity contribution in [2.75, 3.05) is 19.5 Å². The van der Waals surface area contributed by atoms with Crippen molar-refractivity contribution in [3.05, 3.63) is 66.2 Å². The van der Waals surface area contributed by atoms with Gasteiger partial charge in [-0.15, -0.1) is 10.2 Å². The highest BCUT2D eigenvalue weighted by atomic mass is 32.2. The summed E-state index contributed by atoms with van der Waals surface area (Å²) in [4.78, 5) is 12.2. The minimum atomic E-state index is -0.0357. The number of aromatic nitrogens is 3. The Hall–Kier alpha value is -2.64. The van der Waals surface area contributed by atoms with Crippen LogP contribution in [-0.4, -0.2) is 40.1 Å². The van der Waals surface area contributed by atoms with Gasteiger partial charge in [-0.1, -0.05) is 72.4 Å². The second kappa shape index (κ2) is 9.89. The fraction of sp³-hybridized carbons (Fsp3) is 0.250. The van der Waals surface area contributed by atoms with Crippen molar-refractivity contribution in [2.24, 2.45) is 0 Å². The summed E-state index contributed by atoms with van der Waals surface area (Å²) in [6.45, 7) is 1.69. The number of ether oxygens (including phenoxy) is 1. The highest BCUT2D eigenvalue weighted by Crippen LogP contribution is 2.23. The average molecular weight is 382 g/mol. The second-order valence-electron chi connectivity index (χ2n) is 5.87. The maximum absolute atomic E-state index is 12.2. The van der Waals surface area contributed by atoms with E-state index in [2.05, 4.69) is 15.5 Å². The van der Waals surface area contributed by atoms with Crippen LogP contribution in [0.3, 0.4) is 0 Å². The maximum atomic E-state index is 12.2. The highest BCUT2D eigenvalue weighted by Gasteiger charge is 2.15. The smallest absolute Gasteiger partial charge is 0.230 e. The van der Waals surface area contributed by atoms with Gasteiger partial charge in [-0.05, 0) is 5.56 Å². The van der Waals surface area contributed by atoms with Crippen LogP contribution in [0.2, 0.25) is 0 Å². The van der Waals surface area contributed by atoms with Gasteiger partial charge in [-0.3, -0.25) is 9.36 Å². The molecule has 0 unspecified atom stereocenters. The van der Waals surface area contributed by atoms with E-state index in [-0.39, 0.29) is 11.7 Å². The third-order valence-corrected chi connectivity index (χ3v) is 4.90. The molecule has 0 saturated heterocycles. The standard InChI is InChI=1S/C20H22N4O2S/c1-26-13-12-24-19(17-10-6-3-7-11-17)22-23-20(24)27-15-18(25)21-14-16-8-4-2-5-9-16/h2-11H,12-15H2,1H3,(H,21,25). The van der Waals surface area contributed by atoms with E-state index in [1.165, 1.54) is 11.8 Å². The average Bonchev–Trinajstić information content (AvgIpc) is 3.13. The molecule has 7 heteroatoms. The quantitative estimate of drug-likeness (QED) is 0.576. The first-order chi connectivity index (χ1) is 13.3. The van der Waals surface area contributed by atoms with Crippen LogP contribution >= 0.6 is 11.8 Å². The third kappa shape index (κ3) is 5.42. The molecule has 1 amide bonds. The molecule has 1 N–H and O–H groups in total. The number of benzene rings is 2. The van der Waals surface area contributed by atoms with Crippen LogP contribution in [-0.2, 0) is 22.6 Å². The molecule has 0 saturated carbocycles. The molecule has 0 spiro atoms. The molecule has 0 aliphatic heterocycles. The minimum Gasteiger partial charge on any atom is -0.383 e. The number of hydrogen-bond acceptors (Lipinski definition) is 5. The predicted octanol–water partition coefficient (Wildman–Crippen LogP) is 3.00. The molecule has 0 radical (unpaired) electrons. The molecule has 0 aliphatic carbocycles. The molecule has 0 fully saturated rings. The van der Waals surface area contributed by atoms with Crippen LogP contribution in [0, 0.1) is 0 Å². The van der Waals surface area contributed by atoms with Crippen LogP contribution in [0.5, 0.6) is 0 Å². The van der Waals surface area contributed by atoms with Crippen LogP contribution in [0.4, 0.5) is 0 Å². The molecule has 0 bridgehead atoms. The molecule has 1 aromatic heterocycles. The normalized spacial score (nSPS) is 10.7. The number of methoxy groups -OCH3 is 1. The fourth-order valence-corrected chi connectivity index (χ4v) is 3.35. The zero-order valence-corrected chi connectivity index (χ0v) is 16.0. The van der Waals surface area contributed by atoms with Crippen molar-refractivity contribution in [3.8, 4) is 11.4 Å². The van der Waals surface area contributed by atoms with E-state index >= 15 is 0 Å². The number of thioether (sulfide) groups is 1. The largest absolute Gasteiger partial charge is 0.383 e. The summed E-state index contributed by atoms with van der Waals surface area (Å²) in [6.07, 6.45) is 0. The van der Waals surface area contributed by atoms with Gasteiger partial charge in [-0.25, -0.2) is 0 Å². The van der Waals surface area contributed by atoms with Crippen LogP contribution in [0.1, 0.15) is 5.56 Å². The van der Waals surface area contributed by atoms with Crippen molar-refractivity contribution >= 4 is 17.7 Å². The van der Waals surface area contributed by atoms with Gasteiger partial charge in [0.15, 0.2) is 11.0 Å². The summed E-state index contributed by atoms with van der Waals surface area (Å²) in [5, 5.41) is 12.2. The van der Waals surface area contributed by atoms with Gasteiger partial charge in [0, 0.05) is 19.2 Å². The third-order valence-electron chi connectivity index (χ3n) is 3.93. The summed E-state index contributed by atoms with van der Waals surface area (Å²) in [5.74, 6) is 1.03. The molecular formula is C20H22N4O2S. The van der Waals surface area contributed by atoms with E-state index in [1.807, 2.05) is 65.2 Å². The first-order valence-corrected chi connectivity index (χ1v) is 9.67. The molecule has 3 rings (SSSR count). The number of nitrogens with one attached hydrogen (secondary N) is 1. The molecule has 140 valence electrons. The molecule has 3 aromatic rings. The summed E-state index contributed by atoms with van der Waals surface area (Å²) < 4.78 is 7.20. The second-order valence-corrected chi connectivity index (χ2v) is 6.81. The first-order valence-electron chi connectivity index (χ1n) is 8.69. The van der Waals surface area contributed by atoms with Gasteiger partial charge in [0.2, 0.25) is 5.91 Å². The summed E-state index contributed by atoms with van der Waals surface area (Å²) in [7, 11) is 1.66. The van der Waals surface area contributed by atoms with E-state index in [1.54, 1.807) is 7.11 Å². The first kappa shape index (κ1) is 19.1. The fourth-order valence-electron chi connectivity index (χ4n) is 2.56. The van der Waals surface area contributed by atoms with E-state index in [9.17, 15) is 4.79 Å². The SMILES string of the molecule is COCCn1c(SCC(=O)NCc2ccccc2)nnc1-c1ccccc1. The van der Waals surface area contributed by atoms with Crippen molar-refractivity contribution in [1.82, 2.24) is 20.1 Å². The summed E-state index contributed by atoms with van der Waals surface area (Å²) in [6, 6.07) is 19.7. The van der Waals surface area contributed by atoms with Crippen LogP contribution < -0.4 is 5.32 Å². The number of rotatable bonds is 9. The van der Waals surface area contributed by atoms with Gasteiger partial charge in [0.1, 0.15) is 0 Å². The molecule has 1 heterocycles. The molecule has 6 nitrogen and oxygen atoms in total. The Morgan fingerprint density at radius 3 is 2.48 bits per heavy atom. The van der Waals surface area contributed by atoms with Gasteiger partial charge >= 0.3 is 0 Å².